The van der Waals surface area contributed by atoms with Gasteiger partial charge in [-0.15, -0.1) is 0 Å². The lowest BCUT2D eigenvalue weighted by Gasteiger charge is -2.33. The van der Waals surface area contributed by atoms with Gasteiger partial charge < -0.3 is 14.9 Å². The molecule has 5 rings (SSSR count). The summed E-state index contributed by atoms with van der Waals surface area (Å²) in [5.74, 6) is -2.06. The van der Waals surface area contributed by atoms with Crippen molar-refractivity contribution >= 4 is 35.3 Å². The Morgan fingerprint density at radius 2 is 1.77 bits per heavy atom. The Labute approximate surface area is 203 Å². The number of anilines is 1. The van der Waals surface area contributed by atoms with E-state index in [1.807, 2.05) is 6.07 Å². The summed E-state index contributed by atoms with van der Waals surface area (Å²) < 4.78 is 0. The molecule has 0 aliphatic carbocycles. The molecule has 35 heavy (non-hydrogen) atoms. The molecular weight excluding hydrogens is 452 g/mol. The highest BCUT2D eigenvalue weighted by atomic mass is 16.4. The minimum atomic E-state index is -0.964. The van der Waals surface area contributed by atoms with Gasteiger partial charge in [0.25, 0.3) is 11.8 Å². The molecule has 0 bridgehead atoms. The van der Waals surface area contributed by atoms with Crippen LogP contribution in [0.2, 0.25) is 0 Å². The lowest BCUT2D eigenvalue weighted by atomic mass is 9.94. The molecular formula is C25H30N4O6. The van der Waals surface area contributed by atoms with Gasteiger partial charge in [-0.2, -0.15) is 0 Å². The number of rotatable bonds is 6. The molecule has 3 atom stereocenters. The van der Waals surface area contributed by atoms with Crippen LogP contribution in [0.1, 0.15) is 59.2 Å². The Morgan fingerprint density at radius 3 is 2.54 bits per heavy atom. The number of nitrogens with zero attached hydrogens (tertiary/aromatic N) is 3. The van der Waals surface area contributed by atoms with Crippen molar-refractivity contribution in [3.63, 3.8) is 0 Å². The van der Waals surface area contributed by atoms with Crippen molar-refractivity contribution in [2.24, 2.45) is 11.8 Å². The molecule has 2 N–H and O–H groups in total. The minimum Gasteiger partial charge on any atom is -0.481 e. The van der Waals surface area contributed by atoms with Crippen molar-refractivity contribution < 1.29 is 29.1 Å². The highest BCUT2D eigenvalue weighted by Crippen LogP contribution is 2.33. The monoisotopic (exact) mass is 482 g/mol. The number of amides is 4. The summed E-state index contributed by atoms with van der Waals surface area (Å²) in [6, 6.07) is 4.29. The molecule has 4 aliphatic heterocycles. The Kier molecular flexibility index (Phi) is 6.31. The van der Waals surface area contributed by atoms with E-state index in [4.69, 9.17) is 5.11 Å². The Bertz CT molecular complexity index is 1090. The summed E-state index contributed by atoms with van der Waals surface area (Å²) in [6.45, 7) is 4.43. The second-order valence-electron chi connectivity index (χ2n) is 10.1. The predicted molar refractivity (Wildman–Crippen MR) is 125 cm³/mol. The molecule has 1 aromatic rings. The largest absolute Gasteiger partial charge is 0.481 e. The van der Waals surface area contributed by atoms with E-state index < -0.39 is 35.6 Å². The van der Waals surface area contributed by atoms with Gasteiger partial charge in [0, 0.05) is 44.7 Å². The van der Waals surface area contributed by atoms with Crippen LogP contribution in [0.25, 0.3) is 0 Å². The molecule has 0 saturated carbocycles. The van der Waals surface area contributed by atoms with E-state index >= 15 is 0 Å². The van der Waals surface area contributed by atoms with Crippen LogP contribution in [0.4, 0.5) is 5.69 Å². The smallest absolute Gasteiger partial charge is 0.303 e. The van der Waals surface area contributed by atoms with Gasteiger partial charge in [0.1, 0.15) is 6.04 Å². The van der Waals surface area contributed by atoms with Crippen molar-refractivity contribution in [3.8, 4) is 0 Å². The standard InChI is InChI=1S/C25H30N4O6/c30-21-6-5-20(23(33)26-21)29-24(34)18-4-3-17(11-19(18)25(29)35)28-9-7-16(14-28)13-27-8-1-2-15(12-27)10-22(31)32/h3-4,11,15-16,20H,1-2,5-10,12-14H2,(H,31,32)(H,26,30,33)/t15-,16?,20?/m0/s1. The number of carboxylic acids is 1. The second kappa shape index (κ2) is 9.41. The highest BCUT2D eigenvalue weighted by molar-refractivity contribution is 6.23. The Hall–Kier alpha value is -3.27. The van der Waals surface area contributed by atoms with Crippen molar-refractivity contribution in [2.45, 2.75) is 44.6 Å². The number of nitrogens with one attached hydrogen (secondary N) is 1. The van der Waals surface area contributed by atoms with Gasteiger partial charge in [-0.1, -0.05) is 0 Å². The van der Waals surface area contributed by atoms with Crippen LogP contribution < -0.4 is 10.2 Å². The fraction of sp³-hybridized carbons (Fsp3) is 0.560. The molecule has 0 aromatic heterocycles. The molecule has 0 radical (unpaired) electrons. The number of likely N-dealkylation sites (tertiary alicyclic amines) is 1. The molecule has 10 heteroatoms. The first-order valence-corrected chi connectivity index (χ1v) is 12.3. The summed E-state index contributed by atoms with van der Waals surface area (Å²) in [7, 11) is 0. The van der Waals surface area contributed by atoms with Gasteiger partial charge in [-0.05, 0) is 62.3 Å². The quantitative estimate of drug-likeness (QED) is 0.577. The lowest BCUT2D eigenvalue weighted by molar-refractivity contribution is -0.139. The van der Waals surface area contributed by atoms with Crippen LogP contribution >= 0.6 is 0 Å². The SMILES string of the molecule is O=C(O)C[C@@H]1CCCN(CC2CCN(c3ccc4c(c3)C(=O)N(C3CCC(=O)NC3=O)C4=O)C2)C1. The molecule has 3 saturated heterocycles. The number of aliphatic carboxylic acids is 1. The van der Waals surface area contributed by atoms with E-state index in [2.05, 4.69) is 15.1 Å². The number of fused-ring (bicyclic) bond motifs is 1. The van der Waals surface area contributed by atoms with Crippen LogP contribution in [-0.4, -0.2) is 83.3 Å². The second-order valence-corrected chi connectivity index (χ2v) is 10.1. The topological polar surface area (TPSA) is 127 Å². The number of carbonyl (C=O) groups excluding carboxylic acids is 4. The maximum Gasteiger partial charge on any atom is 0.303 e. The summed E-state index contributed by atoms with van der Waals surface area (Å²) in [6.07, 6.45) is 3.46. The van der Waals surface area contributed by atoms with Gasteiger partial charge in [-0.3, -0.25) is 34.2 Å². The molecule has 4 aliphatic rings. The first-order chi connectivity index (χ1) is 16.8. The zero-order valence-corrected chi connectivity index (χ0v) is 19.6. The number of imide groups is 2. The van der Waals surface area contributed by atoms with Crippen LogP contribution in [0.3, 0.4) is 0 Å². The van der Waals surface area contributed by atoms with E-state index in [9.17, 15) is 24.0 Å². The first kappa shape index (κ1) is 23.5. The number of benzene rings is 1. The zero-order chi connectivity index (χ0) is 24.7. The van der Waals surface area contributed by atoms with Crippen molar-refractivity contribution in [1.29, 1.82) is 0 Å². The van der Waals surface area contributed by atoms with Gasteiger partial charge in [0.05, 0.1) is 11.1 Å². The fourth-order valence-electron chi connectivity index (χ4n) is 5.97. The molecule has 0 spiro atoms. The average molecular weight is 483 g/mol. The first-order valence-electron chi connectivity index (χ1n) is 12.3. The maximum atomic E-state index is 13.1. The maximum absolute atomic E-state index is 13.1. The van der Waals surface area contributed by atoms with E-state index in [-0.39, 0.29) is 30.7 Å². The Balaban J connectivity index is 1.23. The molecule has 4 heterocycles. The zero-order valence-electron chi connectivity index (χ0n) is 19.6. The third kappa shape index (κ3) is 4.67. The van der Waals surface area contributed by atoms with Crippen molar-refractivity contribution in [1.82, 2.24) is 15.1 Å². The van der Waals surface area contributed by atoms with Crippen molar-refractivity contribution in [3.05, 3.63) is 29.3 Å². The fourth-order valence-corrected chi connectivity index (χ4v) is 5.97. The molecule has 2 unspecified atom stereocenters. The van der Waals surface area contributed by atoms with Crippen LogP contribution in [0.5, 0.6) is 0 Å². The van der Waals surface area contributed by atoms with E-state index in [1.165, 1.54) is 0 Å². The number of carboxylic acid groups (broad SMARTS) is 1. The molecule has 1 aromatic carbocycles. The normalized spacial score (nSPS) is 27.4. The van der Waals surface area contributed by atoms with Crippen LogP contribution in [-0.2, 0) is 14.4 Å². The predicted octanol–water partition coefficient (Wildman–Crippen LogP) is 1.10. The summed E-state index contributed by atoms with van der Waals surface area (Å²) in [4.78, 5) is 66.4. The van der Waals surface area contributed by atoms with Crippen molar-refractivity contribution in [2.75, 3.05) is 37.6 Å². The lowest BCUT2D eigenvalue weighted by Crippen LogP contribution is -2.54. The van der Waals surface area contributed by atoms with Crippen LogP contribution in [0.15, 0.2) is 18.2 Å². The number of carbonyl (C=O) groups is 5. The third-order valence-corrected chi connectivity index (χ3v) is 7.66. The van der Waals surface area contributed by atoms with E-state index in [0.717, 1.165) is 62.6 Å². The number of hydrogen-bond acceptors (Lipinski definition) is 7. The summed E-state index contributed by atoms with van der Waals surface area (Å²) in [5, 5.41) is 11.3. The highest BCUT2D eigenvalue weighted by Gasteiger charge is 2.45. The minimum absolute atomic E-state index is 0.0955. The number of piperidine rings is 2. The van der Waals surface area contributed by atoms with Gasteiger partial charge in [-0.25, -0.2) is 0 Å². The molecule has 10 nitrogen and oxygen atoms in total. The summed E-state index contributed by atoms with van der Waals surface area (Å²) in [5.41, 5.74) is 1.46. The molecule has 3 fully saturated rings. The summed E-state index contributed by atoms with van der Waals surface area (Å²) >= 11 is 0. The number of hydrogen-bond donors (Lipinski definition) is 2. The van der Waals surface area contributed by atoms with E-state index in [1.54, 1.807) is 12.1 Å². The third-order valence-electron chi connectivity index (χ3n) is 7.66. The Morgan fingerprint density at radius 1 is 0.971 bits per heavy atom. The average Bonchev–Trinajstić information content (AvgIpc) is 3.37. The molecule has 4 amide bonds. The van der Waals surface area contributed by atoms with Crippen LogP contribution in [0, 0.1) is 11.8 Å². The van der Waals surface area contributed by atoms with Gasteiger partial charge >= 0.3 is 5.97 Å². The van der Waals surface area contributed by atoms with Gasteiger partial charge in [0.15, 0.2) is 0 Å². The van der Waals surface area contributed by atoms with E-state index in [0.29, 0.717) is 11.5 Å². The van der Waals surface area contributed by atoms with Gasteiger partial charge in [0.2, 0.25) is 11.8 Å². The molecule has 186 valence electrons.